The molecule has 7 nitrogen and oxygen atoms in total. The van der Waals surface area contributed by atoms with Crippen molar-refractivity contribution >= 4 is 35.2 Å². The van der Waals surface area contributed by atoms with Crippen LogP contribution >= 0.6 is 11.6 Å². The predicted octanol–water partition coefficient (Wildman–Crippen LogP) is 3.58. The van der Waals surface area contributed by atoms with Gasteiger partial charge in [0.05, 0.1) is 6.42 Å². The number of para-hydroxylation sites is 1. The zero-order valence-electron chi connectivity index (χ0n) is 14.9. The Hall–Kier alpha value is -3.26. The van der Waals surface area contributed by atoms with Gasteiger partial charge in [-0.15, -0.1) is 0 Å². The number of nitrogens with two attached hydrogens (primary N) is 1. The van der Waals surface area contributed by atoms with E-state index >= 15 is 0 Å². The fourth-order valence-corrected chi connectivity index (χ4v) is 2.66. The molecule has 0 unspecified atom stereocenters. The molecule has 0 saturated carbocycles. The number of aryl methyl sites for hydroxylation is 1. The molecule has 0 radical (unpaired) electrons. The number of nitrogens with zero attached hydrogens (tertiary/aromatic N) is 3. The SMILES string of the molecule is Cc1ccccc1Nc1nc(N)nc(COC(=O)Cc2c(F)cccc2Cl)n1. The summed E-state index contributed by atoms with van der Waals surface area (Å²) in [6.07, 6.45) is -0.305. The molecule has 0 aliphatic rings. The second kappa shape index (κ2) is 8.62. The lowest BCUT2D eigenvalue weighted by Gasteiger charge is -2.10. The van der Waals surface area contributed by atoms with Gasteiger partial charge in [-0.1, -0.05) is 35.9 Å². The highest BCUT2D eigenvalue weighted by molar-refractivity contribution is 6.31. The Labute approximate surface area is 165 Å². The third kappa shape index (κ3) is 4.92. The maximum absolute atomic E-state index is 13.8. The van der Waals surface area contributed by atoms with Crippen molar-refractivity contribution in [3.63, 3.8) is 0 Å². The van der Waals surface area contributed by atoms with Crippen LogP contribution in [-0.4, -0.2) is 20.9 Å². The number of esters is 1. The van der Waals surface area contributed by atoms with E-state index in [9.17, 15) is 9.18 Å². The molecule has 144 valence electrons. The second-order valence-electron chi connectivity index (χ2n) is 5.91. The van der Waals surface area contributed by atoms with Crippen LogP contribution < -0.4 is 11.1 Å². The van der Waals surface area contributed by atoms with Gasteiger partial charge in [0.25, 0.3) is 0 Å². The molecule has 0 amide bonds. The fourth-order valence-electron chi connectivity index (χ4n) is 2.43. The first kappa shape index (κ1) is 19.5. The highest BCUT2D eigenvalue weighted by atomic mass is 35.5. The first-order valence-corrected chi connectivity index (χ1v) is 8.72. The predicted molar refractivity (Wildman–Crippen MR) is 104 cm³/mol. The third-order valence-corrected chi connectivity index (χ3v) is 4.19. The van der Waals surface area contributed by atoms with Gasteiger partial charge in [-0.2, -0.15) is 15.0 Å². The topological polar surface area (TPSA) is 103 Å². The largest absolute Gasteiger partial charge is 0.457 e. The molecular weight excluding hydrogens is 385 g/mol. The Kier molecular flexibility index (Phi) is 6.00. The lowest BCUT2D eigenvalue weighted by atomic mass is 10.1. The van der Waals surface area contributed by atoms with Crippen LogP contribution in [0, 0.1) is 12.7 Å². The van der Waals surface area contributed by atoms with Crippen molar-refractivity contribution in [1.29, 1.82) is 0 Å². The maximum atomic E-state index is 13.8. The summed E-state index contributed by atoms with van der Waals surface area (Å²) >= 11 is 5.92. The minimum atomic E-state index is -0.667. The number of hydrogen-bond donors (Lipinski definition) is 2. The molecule has 1 heterocycles. The minimum Gasteiger partial charge on any atom is -0.457 e. The molecule has 3 N–H and O–H groups in total. The number of ether oxygens (including phenoxy) is 1. The van der Waals surface area contributed by atoms with Crippen molar-refractivity contribution in [3.8, 4) is 0 Å². The normalized spacial score (nSPS) is 10.5. The molecule has 0 fully saturated rings. The van der Waals surface area contributed by atoms with Gasteiger partial charge < -0.3 is 15.8 Å². The molecule has 0 aliphatic heterocycles. The molecule has 3 aromatic rings. The quantitative estimate of drug-likeness (QED) is 0.608. The molecule has 0 bridgehead atoms. The highest BCUT2D eigenvalue weighted by Gasteiger charge is 2.14. The molecular formula is C19H17ClFN5O2. The Balaban J connectivity index is 1.67. The summed E-state index contributed by atoms with van der Waals surface area (Å²) in [5.41, 5.74) is 7.59. The monoisotopic (exact) mass is 401 g/mol. The van der Waals surface area contributed by atoms with Gasteiger partial charge >= 0.3 is 5.97 Å². The van der Waals surface area contributed by atoms with Gasteiger partial charge in [0, 0.05) is 16.3 Å². The van der Waals surface area contributed by atoms with Crippen LogP contribution in [0.5, 0.6) is 0 Å². The van der Waals surface area contributed by atoms with E-state index in [0.29, 0.717) is 0 Å². The highest BCUT2D eigenvalue weighted by Crippen LogP contribution is 2.20. The first-order chi connectivity index (χ1) is 13.4. The van der Waals surface area contributed by atoms with Crippen LogP contribution in [0.3, 0.4) is 0 Å². The molecule has 28 heavy (non-hydrogen) atoms. The molecule has 9 heteroatoms. The molecule has 0 spiro atoms. The summed E-state index contributed by atoms with van der Waals surface area (Å²) in [4.78, 5) is 24.2. The van der Waals surface area contributed by atoms with Crippen molar-refractivity contribution in [2.75, 3.05) is 11.1 Å². The molecule has 0 atom stereocenters. The van der Waals surface area contributed by atoms with Crippen molar-refractivity contribution in [3.05, 3.63) is 70.3 Å². The number of halogens is 2. The lowest BCUT2D eigenvalue weighted by molar-refractivity contribution is -0.144. The number of carbonyl (C=O) groups excluding carboxylic acids is 1. The summed E-state index contributed by atoms with van der Waals surface area (Å²) in [6, 6.07) is 11.8. The second-order valence-corrected chi connectivity index (χ2v) is 6.32. The molecule has 3 rings (SSSR count). The van der Waals surface area contributed by atoms with Gasteiger partial charge in [0.2, 0.25) is 11.9 Å². The van der Waals surface area contributed by atoms with Crippen molar-refractivity contribution in [1.82, 2.24) is 15.0 Å². The van der Waals surface area contributed by atoms with E-state index in [0.717, 1.165) is 11.3 Å². The van der Waals surface area contributed by atoms with Crippen LogP contribution in [0.25, 0.3) is 0 Å². The first-order valence-electron chi connectivity index (χ1n) is 8.34. The smallest absolute Gasteiger partial charge is 0.310 e. The summed E-state index contributed by atoms with van der Waals surface area (Å²) in [5, 5.41) is 3.20. The Morgan fingerprint density at radius 3 is 2.71 bits per heavy atom. The minimum absolute atomic E-state index is 0.0192. The number of nitrogen functional groups attached to an aromatic ring is 1. The van der Waals surface area contributed by atoms with Crippen LogP contribution in [0.15, 0.2) is 42.5 Å². The number of hydrogen-bond acceptors (Lipinski definition) is 7. The maximum Gasteiger partial charge on any atom is 0.310 e. The van der Waals surface area contributed by atoms with E-state index < -0.39 is 11.8 Å². The average molecular weight is 402 g/mol. The number of rotatable bonds is 6. The Bertz CT molecular complexity index is 995. The van der Waals surface area contributed by atoms with Gasteiger partial charge in [0.15, 0.2) is 12.4 Å². The Morgan fingerprint density at radius 2 is 1.96 bits per heavy atom. The fraction of sp³-hybridized carbons (Fsp3) is 0.158. The number of nitrogens with one attached hydrogen (secondary N) is 1. The van der Waals surface area contributed by atoms with E-state index in [1.165, 1.54) is 18.2 Å². The van der Waals surface area contributed by atoms with Crippen LogP contribution in [0.1, 0.15) is 17.0 Å². The van der Waals surface area contributed by atoms with Crippen LogP contribution in [-0.2, 0) is 22.6 Å². The van der Waals surface area contributed by atoms with Gasteiger partial charge in [-0.25, -0.2) is 4.39 Å². The molecule has 0 aliphatic carbocycles. The molecule has 0 saturated heterocycles. The zero-order chi connectivity index (χ0) is 20.1. The van der Waals surface area contributed by atoms with E-state index in [-0.39, 0.29) is 41.3 Å². The van der Waals surface area contributed by atoms with Gasteiger partial charge in [-0.3, -0.25) is 4.79 Å². The van der Waals surface area contributed by atoms with Crippen molar-refractivity contribution < 1.29 is 13.9 Å². The van der Waals surface area contributed by atoms with E-state index in [1.54, 1.807) is 0 Å². The molecule has 1 aromatic heterocycles. The standard InChI is InChI=1S/C19H17ClFN5O2/c1-11-5-2-3-8-15(11)23-19-25-16(24-18(22)26-19)10-28-17(27)9-12-13(20)6-4-7-14(12)21/h2-8H,9-10H2,1H3,(H3,22,23,24,25,26). The van der Waals surface area contributed by atoms with Gasteiger partial charge in [-0.05, 0) is 30.7 Å². The number of anilines is 3. The van der Waals surface area contributed by atoms with E-state index in [2.05, 4.69) is 20.3 Å². The average Bonchev–Trinajstić information content (AvgIpc) is 2.65. The summed E-state index contributed by atoms with van der Waals surface area (Å²) in [5.74, 6) is -0.867. The third-order valence-electron chi connectivity index (χ3n) is 3.84. The zero-order valence-corrected chi connectivity index (χ0v) is 15.7. The Morgan fingerprint density at radius 1 is 1.18 bits per heavy atom. The summed E-state index contributed by atoms with van der Waals surface area (Å²) < 4.78 is 18.9. The number of carbonyl (C=O) groups is 1. The summed E-state index contributed by atoms with van der Waals surface area (Å²) in [6.45, 7) is 1.70. The lowest BCUT2D eigenvalue weighted by Crippen LogP contribution is -2.13. The van der Waals surface area contributed by atoms with Crippen molar-refractivity contribution in [2.24, 2.45) is 0 Å². The van der Waals surface area contributed by atoms with Crippen molar-refractivity contribution in [2.45, 2.75) is 20.0 Å². The van der Waals surface area contributed by atoms with E-state index in [1.807, 2.05) is 31.2 Å². The molecule has 2 aromatic carbocycles. The van der Waals surface area contributed by atoms with Crippen LogP contribution in [0.2, 0.25) is 5.02 Å². The van der Waals surface area contributed by atoms with Crippen LogP contribution in [0.4, 0.5) is 22.0 Å². The summed E-state index contributed by atoms with van der Waals surface area (Å²) in [7, 11) is 0. The number of aromatic nitrogens is 3. The number of benzene rings is 2. The van der Waals surface area contributed by atoms with Gasteiger partial charge in [0.1, 0.15) is 5.82 Å². The van der Waals surface area contributed by atoms with E-state index in [4.69, 9.17) is 22.1 Å².